The number of halogens is 1. The van der Waals surface area contributed by atoms with E-state index in [4.69, 9.17) is 0 Å². The van der Waals surface area contributed by atoms with Crippen molar-refractivity contribution in [3.8, 4) is 0 Å². The highest BCUT2D eigenvalue weighted by Gasteiger charge is 2.10. The van der Waals surface area contributed by atoms with Gasteiger partial charge >= 0.3 is 5.97 Å². The van der Waals surface area contributed by atoms with Crippen molar-refractivity contribution in [2.45, 2.75) is 13.3 Å². The van der Waals surface area contributed by atoms with Crippen LogP contribution in [0, 0.1) is 5.92 Å². The number of ether oxygens (including phenoxy) is 1. The summed E-state index contributed by atoms with van der Waals surface area (Å²) >= 11 is 2.24. The number of carbonyl (C=O) groups is 1. The van der Waals surface area contributed by atoms with E-state index in [1.54, 1.807) is 0 Å². The minimum atomic E-state index is -0.105. The first-order valence-electron chi connectivity index (χ1n) is 2.86. The fourth-order valence-electron chi connectivity index (χ4n) is 0.483. The number of hydrogen-bond acceptors (Lipinski definition) is 2. The smallest absolute Gasteiger partial charge is 0.308 e. The number of rotatable bonds is 3. The lowest BCUT2D eigenvalue weighted by Crippen LogP contribution is -2.12. The summed E-state index contributed by atoms with van der Waals surface area (Å²) in [7, 11) is 1.42. The van der Waals surface area contributed by atoms with E-state index < -0.39 is 0 Å². The Bertz CT molecular complexity index is 93.1. The van der Waals surface area contributed by atoms with Gasteiger partial charge in [0.05, 0.1) is 13.0 Å². The lowest BCUT2D eigenvalue weighted by Gasteiger charge is -2.04. The topological polar surface area (TPSA) is 26.3 Å². The predicted octanol–water partition coefficient (Wildman–Crippen LogP) is 1.62. The van der Waals surface area contributed by atoms with Crippen LogP contribution in [0.4, 0.5) is 0 Å². The summed E-state index contributed by atoms with van der Waals surface area (Å²) in [6.07, 6.45) is 0.910. The Hall–Kier alpha value is 0.200. The number of carbonyl (C=O) groups excluding carboxylic acids is 1. The van der Waals surface area contributed by atoms with Crippen LogP contribution in [0.2, 0.25) is 0 Å². The first-order chi connectivity index (χ1) is 4.22. The van der Waals surface area contributed by atoms with E-state index in [2.05, 4.69) is 27.3 Å². The van der Waals surface area contributed by atoms with Gasteiger partial charge in [0.25, 0.3) is 0 Å². The standard InChI is InChI=1S/C6H11IO2/c1-5(3-4-7)6(8)9-2/h5H,3-4H2,1-2H3. The number of alkyl halides is 1. The molecule has 9 heavy (non-hydrogen) atoms. The van der Waals surface area contributed by atoms with Crippen LogP contribution in [0.5, 0.6) is 0 Å². The van der Waals surface area contributed by atoms with Crippen molar-refractivity contribution in [1.29, 1.82) is 0 Å². The average molecular weight is 242 g/mol. The molecule has 0 bridgehead atoms. The Morgan fingerprint density at radius 1 is 1.78 bits per heavy atom. The van der Waals surface area contributed by atoms with Crippen LogP contribution in [-0.2, 0) is 9.53 Å². The van der Waals surface area contributed by atoms with Crippen LogP contribution < -0.4 is 0 Å². The van der Waals surface area contributed by atoms with Crippen LogP contribution in [0.15, 0.2) is 0 Å². The third kappa shape index (κ3) is 3.72. The second kappa shape index (κ2) is 5.02. The maximum Gasteiger partial charge on any atom is 0.308 e. The second-order valence-electron chi connectivity index (χ2n) is 1.90. The summed E-state index contributed by atoms with van der Waals surface area (Å²) in [5.41, 5.74) is 0. The zero-order valence-corrected chi connectivity index (χ0v) is 7.84. The van der Waals surface area contributed by atoms with Gasteiger partial charge in [-0.3, -0.25) is 4.79 Å². The molecule has 0 saturated heterocycles. The molecule has 0 amide bonds. The molecule has 0 aliphatic rings. The highest BCUT2D eigenvalue weighted by molar-refractivity contribution is 14.1. The van der Waals surface area contributed by atoms with Crippen LogP contribution in [-0.4, -0.2) is 17.5 Å². The van der Waals surface area contributed by atoms with Gasteiger partial charge in [-0.05, 0) is 6.42 Å². The third-order valence-electron chi connectivity index (χ3n) is 1.15. The van der Waals surface area contributed by atoms with Gasteiger partial charge in [-0.2, -0.15) is 0 Å². The largest absolute Gasteiger partial charge is 0.469 e. The lowest BCUT2D eigenvalue weighted by atomic mass is 10.1. The summed E-state index contributed by atoms with van der Waals surface area (Å²) in [6.45, 7) is 1.88. The highest BCUT2D eigenvalue weighted by atomic mass is 127. The zero-order chi connectivity index (χ0) is 7.28. The van der Waals surface area contributed by atoms with Gasteiger partial charge in [0.2, 0.25) is 0 Å². The molecular formula is C6H11IO2. The van der Waals surface area contributed by atoms with Crippen molar-refractivity contribution >= 4 is 28.6 Å². The molecule has 0 aliphatic carbocycles. The average Bonchev–Trinajstić information content (AvgIpc) is 1.87. The molecule has 0 aromatic rings. The van der Waals surface area contributed by atoms with Gasteiger partial charge < -0.3 is 4.74 Å². The van der Waals surface area contributed by atoms with Crippen molar-refractivity contribution in [3.63, 3.8) is 0 Å². The Morgan fingerprint density at radius 3 is 2.67 bits per heavy atom. The Morgan fingerprint density at radius 2 is 2.33 bits per heavy atom. The molecule has 2 nitrogen and oxygen atoms in total. The molecule has 0 heterocycles. The summed E-state index contributed by atoms with van der Waals surface area (Å²) < 4.78 is 5.53. The van der Waals surface area contributed by atoms with Crippen molar-refractivity contribution in [2.24, 2.45) is 5.92 Å². The number of esters is 1. The third-order valence-corrected chi connectivity index (χ3v) is 1.77. The van der Waals surface area contributed by atoms with Gasteiger partial charge in [0, 0.05) is 4.43 Å². The van der Waals surface area contributed by atoms with Crippen molar-refractivity contribution in [2.75, 3.05) is 11.5 Å². The normalized spacial score (nSPS) is 12.8. The SMILES string of the molecule is COC(=O)C(C)CCI. The second-order valence-corrected chi connectivity index (χ2v) is 2.98. The van der Waals surface area contributed by atoms with Crippen LogP contribution >= 0.6 is 22.6 Å². The predicted molar refractivity (Wildman–Crippen MR) is 44.7 cm³/mol. The van der Waals surface area contributed by atoms with Crippen LogP contribution in [0.25, 0.3) is 0 Å². The number of hydrogen-bond donors (Lipinski definition) is 0. The molecule has 0 aliphatic heterocycles. The van der Waals surface area contributed by atoms with Gasteiger partial charge in [-0.1, -0.05) is 29.5 Å². The zero-order valence-electron chi connectivity index (χ0n) is 5.69. The van der Waals surface area contributed by atoms with Crippen molar-refractivity contribution < 1.29 is 9.53 Å². The van der Waals surface area contributed by atoms with Crippen molar-refractivity contribution in [1.82, 2.24) is 0 Å². The monoisotopic (exact) mass is 242 g/mol. The van der Waals surface area contributed by atoms with Gasteiger partial charge in [-0.25, -0.2) is 0 Å². The fourth-order valence-corrected chi connectivity index (χ4v) is 1.42. The molecule has 0 rings (SSSR count). The molecule has 1 atom stereocenters. The van der Waals surface area contributed by atoms with Gasteiger partial charge in [-0.15, -0.1) is 0 Å². The number of methoxy groups -OCH3 is 1. The van der Waals surface area contributed by atoms with E-state index in [0.717, 1.165) is 10.8 Å². The lowest BCUT2D eigenvalue weighted by molar-refractivity contribution is -0.144. The molecule has 1 unspecified atom stereocenters. The highest BCUT2D eigenvalue weighted by Crippen LogP contribution is 2.05. The summed E-state index contributed by atoms with van der Waals surface area (Å²) in [4.78, 5) is 10.7. The summed E-state index contributed by atoms with van der Waals surface area (Å²) in [5.74, 6) is -0.0430. The molecular weight excluding hydrogens is 231 g/mol. The maximum absolute atomic E-state index is 10.7. The van der Waals surface area contributed by atoms with E-state index in [0.29, 0.717) is 0 Å². The molecule has 3 heteroatoms. The molecule has 0 radical (unpaired) electrons. The Kier molecular flexibility index (Phi) is 5.13. The van der Waals surface area contributed by atoms with E-state index in [9.17, 15) is 4.79 Å². The van der Waals surface area contributed by atoms with Crippen LogP contribution in [0.3, 0.4) is 0 Å². The molecule has 0 spiro atoms. The van der Waals surface area contributed by atoms with E-state index in [1.807, 2.05) is 6.92 Å². The van der Waals surface area contributed by atoms with E-state index in [-0.39, 0.29) is 11.9 Å². The quantitative estimate of drug-likeness (QED) is 0.427. The Balaban J connectivity index is 3.45. The van der Waals surface area contributed by atoms with E-state index >= 15 is 0 Å². The first-order valence-corrected chi connectivity index (χ1v) is 4.38. The molecule has 0 fully saturated rings. The fraction of sp³-hybridized carbons (Fsp3) is 0.833. The van der Waals surface area contributed by atoms with E-state index in [1.165, 1.54) is 7.11 Å². The van der Waals surface area contributed by atoms with Crippen molar-refractivity contribution in [3.05, 3.63) is 0 Å². The van der Waals surface area contributed by atoms with Gasteiger partial charge in [0.1, 0.15) is 0 Å². The first kappa shape index (κ1) is 9.20. The summed E-state index contributed by atoms with van der Waals surface area (Å²) in [6, 6.07) is 0. The molecule has 0 saturated carbocycles. The summed E-state index contributed by atoms with van der Waals surface area (Å²) in [5, 5.41) is 0. The minimum Gasteiger partial charge on any atom is -0.469 e. The maximum atomic E-state index is 10.7. The van der Waals surface area contributed by atoms with Crippen LogP contribution in [0.1, 0.15) is 13.3 Å². The Labute approximate surface area is 69.1 Å². The molecule has 54 valence electrons. The molecule has 0 N–H and O–H groups in total. The molecule has 0 aromatic heterocycles. The minimum absolute atomic E-state index is 0.0619. The molecule has 0 aromatic carbocycles. The van der Waals surface area contributed by atoms with Gasteiger partial charge in [0.15, 0.2) is 0 Å².